The molecule has 19 heavy (non-hydrogen) atoms. The van der Waals surface area contributed by atoms with Crippen LogP contribution >= 0.6 is 34.8 Å². The lowest BCUT2D eigenvalue weighted by Gasteiger charge is -2.09. The Morgan fingerprint density at radius 2 is 1.79 bits per heavy atom. The molecule has 2 aromatic rings. The minimum atomic E-state index is 0.259. The summed E-state index contributed by atoms with van der Waals surface area (Å²) in [6.07, 6.45) is 1.83. The Labute approximate surface area is 125 Å². The van der Waals surface area contributed by atoms with Gasteiger partial charge in [-0.05, 0) is 29.3 Å². The second-order valence-corrected chi connectivity index (χ2v) is 5.06. The summed E-state index contributed by atoms with van der Waals surface area (Å²) in [6, 6.07) is 7.18. The highest BCUT2D eigenvalue weighted by Crippen LogP contribution is 2.36. The van der Waals surface area contributed by atoms with Gasteiger partial charge in [0, 0.05) is 11.8 Å². The van der Waals surface area contributed by atoms with Gasteiger partial charge in [0.15, 0.2) is 0 Å². The Hall–Kier alpha value is -1.47. The molecule has 0 aliphatic rings. The Kier molecular flexibility index (Phi) is 4.16. The molecule has 1 heterocycles. The third-order valence-electron chi connectivity index (χ3n) is 2.55. The SMILES string of the molecule is N#CCc1cnc(N)c(-c2cc(Cl)c(Cl)c(Cl)c2)c1. The molecule has 0 radical (unpaired) electrons. The van der Waals surface area contributed by atoms with Crippen LogP contribution in [0.1, 0.15) is 5.56 Å². The predicted molar refractivity (Wildman–Crippen MR) is 78.4 cm³/mol. The first-order valence-electron chi connectivity index (χ1n) is 5.29. The minimum Gasteiger partial charge on any atom is -0.383 e. The molecule has 0 saturated heterocycles. The lowest BCUT2D eigenvalue weighted by atomic mass is 10.0. The summed E-state index contributed by atoms with van der Waals surface area (Å²) >= 11 is 17.9. The zero-order chi connectivity index (χ0) is 14.0. The van der Waals surface area contributed by atoms with E-state index in [0.29, 0.717) is 32.0 Å². The molecule has 0 saturated carbocycles. The van der Waals surface area contributed by atoms with E-state index in [9.17, 15) is 0 Å². The third-order valence-corrected chi connectivity index (χ3v) is 3.75. The molecule has 3 nitrogen and oxygen atoms in total. The zero-order valence-electron chi connectivity index (χ0n) is 9.62. The fraction of sp³-hybridized carbons (Fsp3) is 0.0769. The van der Waals surface area contributed by atoms with E-state index in [0.717, 1.165) is 5.56 Å². The van der Waals surface area contributed by atoms with Crippen LogP contribution in [0.2, 0.25) is 15.1 Å². The maximum Gasteiger partial charge on any atom is 0.131 e. The van der Waals surface area contributed by atoms with Gasteiger partial charge in [0.05, 0.1) is 27.6 Å². The van der Waals surface area contributed by atoms with Crippen LogP contribution in [0.25, 0.3) is 11.1 Å². The van der Waals surface area contributed by atoms with E-state index >= 15 is 0 Å². The highest BCUT2D eigenvalue weighted by molar-refractivity contribution is 6.48. The summed E-state index contributed by atoms with van der Waals surface area (Å²) in [5.41, 5.74) is 8.00. The van der Waals surface area contributed by atoms with Crippen LogP contribution in [0.15, 0.2) is 24.4 Å². The van der Waals surface area contributed by atoms with E-state index in [-0.39, 0.29) is 6.42 Å². The summed E-state index contributed by atoms with van der Waals surface area (Å²) in [7, 11) is 0. The van der Waals surface area contributed by atoms with Gasteiger partial charge in [-0.25, -0.2) is 4.98 Å². The highest BCUT2D eigenvalue weighted by Gasteiger charge is 2.11. The number of benzene rings is 1. The van der Waals surface area contributed by atoms with Crippen molar-refractivity contribution in [3.05, 3.63) is 45.0 Å². The molecule has 0 unspecified atom stereocenters. The Morgan fingerprint density at radius 3 is 2.37 bits per heavy atom. The van der Waals surface area contributed by atoms with Crippen LogP contribution in [0, 0.1) is 11.3 Å². The van der Waals surface area contributed by atoms with Gasteiger partial charge in [-0.1, -0.05) is 34.8 Å². The Balaban J connectivity index is 2.58. The van der Waals surface area contributed by atoms with Gasteiger partial charge in [0.2, 0.25) is 0 Å². The van der Waals surface area contributed by atoms with Crippen LogP contribution in [-0.4, -0.2) is 4.98 Å². The maximum absolute atomic E-state index is 8.71. The van der Waals surface area contributed by atoms with Gasteiger partial charge in [-0.15, -0.1) is 0 Å². The van der Waals surface area contributed by atoms with Crippen molar-refractivity contribution in [3.63, 3.8) is 0 Å². The molecule has 0 amide bonds. The van der Waals surface area contributed by atoms with Crippen molar-refractivity contribution < 1.29 is 0 Å². The lowest BCUT2D eigenvalue weighted by Crippen LogP contribution is -1.96. The van der Waals surface area contributed by atoms with Gasteiger partial charge in [-0.3, -0.25) is 0 Å². The molecule has 6 heteroatoms. The summed E-state index contributed by atoms with van der Waals surface area (Å²) < 4.78 is 0. The standard InChI is InChI=1S/C13H8Cl3N3/c14-10-4-8(5-11(15)12(10)16)9-3-7(1-2-17)6-19-13(9)18/h3-6H,1H2,(H2,18,19). The van der Waals surface area contributed by atoms with E-state index < -0.39 is 0 Å². The van der Waals surface area contributed by atoms with E-state index in [2.05, 4.69) is 11.1 Å². The van der Waals surface area contributed by atoms with Crippen molar-refractivity contribution in [1.82, 2.24) is 4.98 Å². The topological polar surface area (TPSA) is 62.7 Å². The normalized spacial score (nSPS) is 10.2. The summed E-state index contributed by atoms with van der Waals surface area (Å²) in [5.74, 6) is 0.344. The number of hydrogen-bond acceptors (Lipinski definition) is 3. The number of nitrogens with zero attached hydrogens (tertiary/aromatic N) is 2. The van der Waals surface area contributed by atoms with Crippen LogP contribution in [0.4, 0.5) is 5.82 Å². The van der Waals surface area contributed by atoms with Crippen molar-refractivity contribution in [2.45, 2.75) is 6.42 Å². The number of rotatable bonds is 2. The number of hydrogen-bond donors (Lipinski definition) is 1. The van der Waals surface area contributed by atoms with Crippen LogP contribution in [0.3, 0.4) is 0 Å². The molecule has 0 atom stereocenters. The van der Waals surface area contributed by atoms with Crippen molar-refractivity contribution in [2.75, 3.05) is 5.73 Å². The van der Waals surface area contributed by atoms with Gasteiger partial charge in [-0.2, -0.15) is 5.26 Å². The molecule has 0 fully saturated rings. The van der Waals surface area contributed by atoms with E-state index in [4.69, 9.17) is 45.8 Å². The quantitative estimate of drug-likeness (QED) is 0.838. The second kappa shape index (κ2) is 5.66. The van der Waals surface area contributed by atoms with Crippen molar-refractivity contribution in [2.24, 2.45) is 0 Å². The molecule has 0 spiro atoms. The summed E-state index contributed by atoms with van der Waals surface area (Å²) in [5, 5.41) is 9.69. The molecule has 1 aromatic carbocycles. The molecular weight excluding hydrogens is 305 g/mol. The third kappa shape index (κ3) is 2.93. The van der Waals surface area contributed by atoms with Crippen LogP contribution in [-0.2, 0) is 6.42 Å². The Bertz CT molecular complexity index is 654. The van der Waals surface area contributed by atoms with E-state index in [1.165, 1.54) is 0 Å². The van der Waals surface area contributed by atoms with Crippen LogP contribution in [0.5, 0.6) is 0 Å². The minimum absolute atomic E-state index is 0.259. The van der Waals surface area contributed by atoms with Crippen molar-refractivity contribution in [1.29, 1.82) is 5.26 Å². The predicted octanol–water partition coefficient (Wildman–Crippen LogP) is 4.36. The van der Waals surface area contributed by atoms with Crippen molar-refractivity contribution >= 4 is 40.6 Å². The van der Waals surface area contributed by atoms with Crippen molar-refractivity contribution in [3.8, 4) is 17.2 Å². The summed E-state index contributed by atoms with van der Waals surface area (Å²) in [4.78, 5) is 4.06. The first-order chi connectivity index (χ1) is 9.02. The number of nitrogen functional groups attached to an aromatic ring is 1. The average Bonchev–Trinajstić information content (AvgIpc) is 2.38. The number of anilines is 1. The number of aromatic nitrogens is 1. The van der Waals surface area contributed by atoms with Gasteiger partial charge >= 0.3 is 0 Å². The number of nitriles is 1. The molecule has 0 aliphatic heterocycles. The largest absolute Gasteiger partial charge is 0.383 e. The number of halogens is 3. The van der Waals surface area contributed by atoms with Gasteiger partial charge < -0.3 is 5.73 Å². The molecule has 2 N–H and O–H groups in total. The second-order valence-electron chi connectivity index (χ2n) is 3.87. The fourth-order valence-electron chi connectivity index (χ4n) is 1.65. The van der Waals surface area contributed by atoms with Gasteiger partial charge in [0.25, 0.3) is 0 Å². The average molecular weight is 313 g/mol. The monoisotopic (exact) mass is 311 g/mol. The molecule has 1 aromatic heterocycles. The molecule has 0 bridgehead atoms. The highest BCUT2D eigenvalue weighted by atomic mass is 35.5. The summed E-state index contributed by atoms with van der Waals surface area (Å²) in [6.45, 7) is 0. The van der Waals surface area contributed by atoms with E-state index in [1.54, 1.807) is 24.4 Å². The molecule has 2 rings (SSSR count). The molecule has 0 aliphatic carbocycles. The zero-order valence-corrected chi connectivity index (χ0v) is 11.9. The smallest absolute Gasteiger partial charge is 0.131 e. The number of nitrogens with two attached hydrogens (primary N) is 1. The fourth-order valence-corrected chi connectivity index (χ4v) is 2.24. The first kappa shape index (κ1) is 14.0. The van der Waals surface area contributed by atoms with E-state index in [1.807, 2.05) is 0 Å². The van der Waals surface area contributed by atoms with Gasteiger partial charge in [0.1, 0.15) is 5.82 Å². The van der Waals surface area contributed by atoms with Crippen LogP contribution < -0.4 is 5.73 Å². The Morgan fingerprint density at radius 1 is 1.16 bits per heavy atom. The molecular formula is C13H8Cl3N3. The molecule has 96 valence electrons. The maximum atomic E-state index is 8.71. The number of pyridine rings is 1. The first-order valence-corrected chi connectivity index (χ1v) is 6.42. The lowest BCUT2D eigenvalue weighted by molar-refractivity contribution is 1.20.